The van der Waals surface area contributed by atoms with E-state index < -0.39 is 0 Å². The van der Waals surface area contributed by atoms with Crippen molar-refractivity contribution in [1.82, 2.24) is 10.2 Å². The van der Waals surface area contributed by atoms with Crippen LogP contribution in [-0.4, -0.2) is 43.3 Å². The predicted molar refractivity (Wildman–Crippen MR) is 67.0 cm³/mol. The molecule has 1 saturated carbocycles. The van der Waals surface area contributed by atoms with Gasteiger partial charge in [0.05, 0.1) is 12.7 Å². The summed E-state index contributed by atoms with van der Waals surface area (Å²) in [5.41, 5.74) is 0. The summed E-state index contributed by atoms with van der Waals surface area (Å²) in [6.45, 7) is 3.13. The lowest BCUT2D eigenvalue weighted by atomic mass is 9.98. The second kappa shape index (κ2) is 6.84. The Labute approximate surface area is 104 Å². The van der Waals surface area contributed by atoms with Crippen molar-refractivity contribution in [2.75, 3.05) is 26.2 Å². The van der Waals surface area contributed by atoms with Gasteiger partial charge in [-0.3, -0.25) is 0 Å². The molecule has 17 heavy (non-hydrogen) atoms. The lowest BCUT2D eigenvalue weighted by Crippen LogP contribution is -2.39. The number of carbonyl (C=O) groups is 1. The number of likely N-dealkylation sites (tertiary alicyclic amines) is 1. The van der Waals surface area contributed by atoms with Crippen molar-refractivity contribution in [2.45, 2.75) is 51.0 Å². The lowest BCUT2D eigenvalue weighted by molar-refractivity contribution is 0.0308. The summed E-state index contributed by atoms with van der Waals surface area (Å²) in [4.78, 5) is 13.5. The van der Waals surface area contributed by atoms with Crippen LogP contribution in [0.15, 0.2) is 0 Å². The van der Waals surface area contributed by atoms with Crippen molar-refractivity contribution in [1.29, 1.82) is 0 Å². The van der Waals surface area contributed by atoms with E-state index in [-0.39, 0.29) is 6.03 Å². The van der Waals surface area contributed by atoms with Crippen molar-refractivity contribution in [3.8, 4) is 0 Å². The third kappa shape index (κ3) is 4.19. The van der Waals surface area contributed by atoms with Crippen LogP contribution in [0.2, 0.25) is 0 Å². The van der Waals surface area contributed by atoms with Crippen LogP contribution in [0.1, 0.15) is 44.9 Å². The smallest absolute Gasteiger partial charge is 0.317 e. The summed E-state index contributed by atoms with van der Waals surface area (Å²) in [7, 11) is 0. The molecule has 1 saturated heterocycles. The number of hydrogen-bond acceptors (Lipinski definition) is 2. The number of amides is 2. The number of ether oxygens (including phenoxy) is 1. The molecule has 1 N–H and O–H groups in total. The van der Waals surface area contributed by atoms with Crippen molar-refractivity contribution in [3.05, 3.63) is 0 Å². The Morgan fingerprint density at radius 3 is 2.53 bits per heavy atom. The predicted octanol–water partition coefficient (Wildman–Crippen LogP) is 2.14. The van der Waals surface area contributed by atoms with Crippen molar-refractivity contribution in [2.24, 2.45) is 0 Å². The van der Waals surface area contributed by atoms with Gasteiger partial charge in [0.25, 0.3) is 0 Å². The minimum atomic E-state index is 0.0785. The number of rotatable bonds is 4. The molecule has 4 nitrogen and oxygen atoms in total. The molecular weight excluding hydrogens is 216 g/mol. The average molecular weight is 240 g/mol. The SMILES string of the molecule is O=C(NCCOC1CCCCC1)N1CCCC1. The maximum absolute atomic E-state index is 11.7. The van der Waals surface area contributed by atoms with Crippen LogP contribution < -0.4 is 5.32 Å². The number of nitrogens with zero attached hydrogens (tertiary/aromatic N) is 1. The number of nitrogens with one attached hydrogen (secondary N) is 1. The normalized spacial score (nSPS) is 21.8. The molecule has 2 rings (SSSR count). The average Bonchev–Trinajstić information content (AvgIpc) is 2.89. The van der Waals surface area contributed by atoms with Crippen LogP contribution in [0.25, 0.3) is 0 Å². The summed E-state index contributed by atoms with van der Waals surface area (Å²) in [5.74, 6) is 0. The first-order valence-electron chi connectivity index (χ1n) is 7.00. The first-order chi connectivity index (χ1) is 8.36. The molecule has 2 aliphatic rings. The van der Waals surface area contributed by atoms with Gasteiger partial charge in [0.2, 0.25) is 0 Å². The highest BCUT2D eigenvalue weighted by atomic mass is 16.5. The van der Waals surface area contributed by atoms with Crippen LogP contribution in [0.4, 0.5) is 4.79 Å². The molecule has 0 spiro atoms. The minimum absolute atomic E-state index is 0.0785. The van der Waals surface area contributed by atoms with Crippen molar-refractivity contribution in [3.63, 3.8) is 0 Å². The molecule has 1 aliphatic carbocycles. The van der Waals surface area contributed by atoms with Gasteiger partial charge >= 0.3 is 6.03 Å². The molecule has 0 aromatic heterocycles. The zero-order chi connectivity index (χ0) is 11.9. The van der Waals surface area contributed by atoms with E-state index in [1.807, 2.05) is 4.90 Å². The fraction of sp³-hybridized carbons (Fsp3) is 0.923. The van der Waals surface area contributed by atoms with Gasteiger partial charge in [0, 0.05) is 19.6 Å². The van der Waals surface area contributed by atoms with Gasteiger partial charge in [0.1, 0.15) is 0 Å². The molecule has 0 unspecified atom stereocenters. The first-order valence-corrected chi connectivity index (χ1v) is 7.00. The zero-order valence-corrected chi connectivity index (χ0v) is 10.6. The second-order valence-corrected chi connectivity index (χ2v) is 5.06. The Morgan fingerprint density at radius 2 is 1.82 bits per heavy atom. The third-order valence-electron chi connectivity index (χ3n) is 3.68. The Bertz CT molecular complexity index is 234. The van der Waals surface area contributed by atoms with E-state index in [2.05, 4.69) is 5.32 Å². The molecular formula is C13H24N2O2. The van der Waals surface area contributed by atoms with Gasteiger partial charge in [-0.15, -0.1) is 0 Å². The highest BCUT2D eigenvalue weighted by Crippen LogP contribution is 2.19. The number of urea groups is 1. The van der Waals surface area contributed by atoms with Gasteiger partial charge in [-0.1, -0.05) is 19.3 Å². The van der Waals surface area contributed by atoms with Crippen LogP contribution in [0.5, 0.6) is 0 Å². The van der Waals surface area contributed by atoms with E-state index in [0.717, 1.165) is 25.9 Å². The quantitative estimate of drug-likeness (QED) is 0.765. The van der Waals surface area contributed by atoms with Crippen LogP contribution in [0.3, 0.4) is 0 Å². The van der Waals surface area contributed by atoms with Crippen LogP contribution >= 0.6 is 0 Å². The van der Waals surface area contributed by atoms with E-state index in [1.165, 1.54) is 32.1 Å². The zero-order valence-electron chi connectivity index (χ0n) is 10.6. The first kappa shape index (κ1) is 12.7. The Morgan fingerprint density at radius 1 is 1.12 bits per heavy atom. The van der Waals surface area contributed by atoms with Gasteiger partial charge in [-0.25, -0.2) is 4.79 Å². The van der Waals surface area contributed by atoms with Crippen LogP contribution in [-0.2, 0) is 4.74 Å². The Kier molecular flexibility index (Phi) is 5.10. The maximum atomic E-state index is 11.7. The standard InChI is InChI=1S/C13H24N2O2/c16-13(15-9-4-5-10-15)14-8-11-17-12-6-2-1-3-7-12/h12H,1-11H2,(H,14,16). The highest BCUT2D eigenvalue weighted by Gasteiger charge is 2.17. The van der Waals surface area contributed by atoms with Gasteiger partial charge < -0.3 is 15.0 Å². The molecule has 0 radical (unpaired) electrons. The van der Waals surface area contributed by atoms with Gasteiger partial charge in [-0.2, -0.15) is 0 Å². The number of carbonyl (C=O) groups excluding carboxylic acids is 1. The van der Waals surface area contributed by atoms with Gasteiger partial charge in [-0.05, 0) is 25.7 Å². The van der Waals surface area contributed by atoms with Crippen molar-refractivity contribution >= 4 is 6.03 Å². The molecule has 0 aromatic rings. The molecule has 98 valence electrons. The molecule has 2 fully saturated rings. The van der Waals surface area contributed by atoms with E-state index in [0.29, 0.717) is 19.3 Å². The van der Waals surface area contributed by atoms with E-state index in [4.69, 9.17) is 4.74 Å². The number of hydrogen-bond donors (Lipinski definition) is 1. The summed E-state index contributed by atoms with van der Waals surface area (Å²) < 4.78 is 5.76. The van der Waals surface area contributed by atoms with Crippen molar-refractivity contribution < 1.29 is 9.53 Å². The molecule has 2 amide bonds. The lowest BCUT2D eigenvalue weighted by Gasteiger charge is -2.22. The topological polar surface area (TPSA) is 41.6 Å². The third-order valence-corrected chi connectivity index (χ3v) is 3.68. The summed E-state index contributed by atoms with van der Waals surface area (Å²) >= 11 is 0. The Balaban J connectivity index is 1.51. The fourth-order valence-corrected chi connectivity index (χ4v) is 2.65. The Hall–Kier alpha value is -0.770. The molecule has 0 aromatic carbocycles. The molecule has 0 bridgehead atoms. The molecule has 4 heteroatoms. The largest absolute Gasteiger partial charge is 0.376 e. The second-order valence-electron chi connectivity index (χ2n) is 5.06. The highest BCUT2D eigenvalue weighted by molar-refractivity contribution is 5.74. The molecule has 0 atom stereocenters. The van der Waals surface area contributed by atoms with E-state index in [9.17, 15) is 4.79 Å². The summed E-state index contributed by atoms with van der Waals surface area (Å²) in [6.07, 6.45) is 9.06. The molecule has 1 heterocycles. The maximum Gasteiger partial charge on any atom is 0.317 e. The van der Waals surface area contributed by atoms with E-state index >= 15 is 0 Å². The van der Waals surface area contributed by atoms with Gasteiger partial charge in [0.15, 0.2) is 0 Å². The van der Waals surface area contributed by atoms with Crippen LogP contribution in [0, 0.1) is 0 Å². The summed E-state index contributed by atoms with van der Waals surface area (Å²) in [5, 5.41) is 2.93. The fourth-order valence-electron chi connectivity index (χ4n) is 2.65. The minimum Gasteiger partial charge on any atom is -0.376 e. The summed E-state index contributed by atoms with van der Waals surface area (Å²) in [6, 6.07) is 0.0785. The monoisotopic (exact) mass is 240 g/mol. The molecule has 1 aliphatic heterocycles. The van der Waals surface area contributed by atoms with E-state index in [1.54, 1.807) is 0 Å².